The topological polar surface area (TPSA) is 49.7 Å². The van der Waals surface area contributed by atoms with Gasteiger partial charge >= 0.3 is 12.1 Å². The number of phenolic OH excluding ortho intramolecular Hbond substituents is 2. The summed E-state index contributed by atoms with van der Waals surface area (Å²) in [5.41, 5.74) is 6.52. The van der Waals surface area contributed by atoms with Crippen molar-refractivity contribution in [1.29, 1.82) is 0 Å². The number of fused-ring (bicyclic) bond motifs is 1. The van der Waals surface area contributed by atoms with E-state index in [1.54, 1.807) is 18.2 Å². The summed E-state index contributed by atoms with van der Waals surface area (Å²) in [6, 6.07) is 20.7. The fraction of sp³-hybridized carbons (Fsp3) is 0.394. The number of rotatable bonds is 13. The van der Waals surface area contributed by atoms with Crippen LogP contribution < -0.4 is 4.74 Å². The molecule has 0 bridgehead atoms. The first kappa shape index (κ1) is 31.7. The Morgan fingerprint density at radius 1 is 0.714 bits per heavy atom. The van der Waals surface area contributed by atoms with Gasteiger partial charge in [-0.05, 0) is 126 Å². The first-order valence-corrected chi connectivity index (χ1v) is 15.3. The quantitative estimate of drug-likeness (QED) is 0.150. The van der Waals surface area contributed by atoms with E-state index in [0.29, 0.717) is 12.4 Å². The van der Waals surface area contributed by atoms with Gasteiger partial charge in [0.15, 0.2) is 0 Å². The van der Waals surface area contributed by atoms with Gasteiger partial charge in [0, 0.05) is 6.42 Å². The molecule has 0 unspecified atom stereocenters. The van der Waals surface area contributed by atoms with Crippen molar-refractivity contribution < 1.29 is 36.9 Å². The molecule has 3 nitrogen and oxygen atoms in total. The van der Waals surface area contributed by atoms with Crippen LogP contribution in [0.5, 0.6) is 17.2 Å². The van der Waals surface area contributed by atoms with Crippen molar-refractivity contribution in [2.75, 3.05) is 18.1 Å². The summed E-state index contributed by atoms with van der Waals surface area (Å²) in [5, 5.41) is 19.9. The number of aryl methyl sites for hydroxylation is 1. The van der Waals surface area contributed by atoms with Gasteiger partial charge in [0.25, 0.3) is 0 Å². The highest BCUT2D eigenvalue weighted by Crippen LogP contribution is 2.41. The van der Waals surface area contributed by atoms with Gasteiger partial charge in [-0.15, -0.1) is 0 Å². The van der Waals surface area contributed by atoms with Gasteiger partial charge in [0.05, 0.1) is 6.61 Å². The number of hydrogen-bond donors (Lipinski definition) is 2. The van der Waals surface area contributed by atoms with E-state index in [1.807, 2.05) is 48.5 Å². The largest absolute Gasteiger partial charge is 0.508 e. The second-order valence-electron chi connectivity index (χ2n) is 10.4. The molecule has 1 aliphatic carbocycles. The van der Waals surface area contributed by atoms with E-state index in [4.69, 9.17) is 4.74 Å². The van der Waals surface area contributed by atoms with Gasteiger partial charge < -0.3 is 14.9 Å². The van der Waals surface area contributed by atoms with E-state index in [-0.39, 0.29) is 23.7 Å². The summed E-state index contributed by atoms with van der Waals surface area (Å²) in [6.45, 7) is 0.519. The van der Waals surface area contributed by atoms with Crippen LogP contribution >= 0.6 is 11.8 Å². The van der Waals surface area contributed by atoms with Gasteiger partial charge in [-0.1, -0.05) is 30.3 Å². The Hall–Kier alpha value is -3.20. The minimum Gasteiger partial charge on any atom is -0.508 e. The number of phenols is 2. The van der Waals surface area contributed by atoms with Crippen LogP contribution in [0.1, 0.15) is 67.2 Å². The molecule has 3 aromatic rings. The van der Waals surface area contributed by atoms with Gasteiger partial charge in [0.1, 0.15) is 17.2 Å². The predicted molar refractivity (Wildman–Crippen MR) is 158 cm³/mol. The minimum atomic E-state index is -5.47. The van der Waals surface area contributed by atoms with Crippen LogP contribution in [0.25, 0.3) is 11.1 Å². The lowest BCUT2D eigenvalue weighted by Crippen LogP contribution is -2.36. The van der Waals surface area contributed by atoms with Crippen molar-refractivity contribution in [1.82, 2.24) is 0 Å². The zero-order chi connectivity index (χ0) is 30.2. The monoisotopic (exact) mass is 606 g/mol. The highest BCUT2D eigenvalue weighted by atomic mass is 32.2. The number of hydrogen-bond acceptors (Lipinski definition) is 4. The molecule has 1 aliphatic rings. The molecular formula is C33H35F5O3S. The van der Waals surface area contributed by atoms with Crippen LogP contribution in [-0.2, 0) is 6.42 Å². The molecule has 9 heteroatoms. The lowest BCUT2D eigenvalue weighted by atomic mass is 9.88. The normalized spacial score (nSPS) is 14.0. The van der Waals surface area contributed by atoms with Crippen LogP contribution in [0, 0.1) is 0 Å². The smallest absolute Gasteiger partial charge is 0.453 e. The number of allylic oxidation sites excluding steroid dienone is 1. The zero-order valence-corrected chi connectivity index (χ0v) is 24.0. The van der Waals surface area contributed by atoms with E-state index >= 15 is 0 Å². The molecule has 0 aliphatic heterocycles. The maximum absolute atomic E-state index is 12.9. The summed E-state index contributed by atoms with van der Waals surface area (Å²) >= 11 is 1.40. The standard InChI is InChI=1S/C33H35F5O3S/c34-32(35,33(36,37)38)18-5-21-42-20-3-1-2-19-41-28-15-10-24(11-16-28)31-29(23-8-12-26(39)13-9-23)7-4-6-25-22-27(40)14-17-30(25)31/h8-17,22,39-40H,1-7,18-21H2. The Kier molecular flexibility index (Phi) is 10.8. The fourth-order valence-corrected chi connectivity index (χ4v) is 6.05. The zero-order valence-electron chi connectivity index (χ0n) is 23.2. The Balaban J connectivity index is 1.30. The number of alkyl halides is 5. The van der Waals surface area contributed by atoms with Crippen LogP contribution in [0.15, 0.2) is 66.7 Å². The predicted octanol–water partition coefficient (Wildman–Crippen LogP) is 9.65. The molecule has 0 heterocycles. The van der Waals surface area contributed by atoms with Gasteiger partial charge in [-0.2, -0.15) is 33.7 Å². The minimum absolute atomic E-state index is 0.169. The molecule has 0 spiro atoms. The van der Waals surface area contributed by atoms with Crippen molar-refractivity contribution >= 4 is 22.9 Å². The molecule has 0 saturated carbocycles. The van der Waals surface area contributed by atoms with E-state index in [0.717, 1.165) is 72.1 Å². The van der Waals surface area contributed by atoms with E-state index in [2.05, 4.69) is 0 Å². The molecule has 3 aromatic carbocycles. The third kappa shape index (κ3) is 8.43. The molecule has 0 fully saturated rings. The van der Waals surface area contributed by atoms with E-state index in [9.17, 15) is 32.2 Å². The highest BCUT2D eigenvalue weighted by Gasteiger charge is 2.56. The maximum Gasteiger partial charge on any atom is 0.453 e. The average Bonchev–Trinajstić information content (AvgIpc) is 3.13. The second kappa shape index (κ2) is 14.3. The Morgan fingerprint density at radius 3 is 2.10 bits per heavy atom. The molecule has 0 atom stereocenters. The van der Waals surface area contributed by atoms with Crippen LogP contribution in [0.4, 0.5) is 22.0 Å². The summed E-state index contributed by atoms with van der Waals surface area (Å²) in [7, 11) is 0. The average molecular weight is 607 g/mol. The summed E-state index contributed by atoms with van der Waals surface area (Å²) in [6.07, 6.45) is -1.65. The van der Waals surface area contributed by atoms with Gasteiger partial charge in [-0.25, -0.2) is 0 Å². The maximum atomic E-state index is 12.9. The van der Waals surface area contributed by atoms with Crippen molar-refractivity contribution in [2.24, 2.45) is 0 Å². The van der Waals surface area contributed by atoms with E-state index in [1.165, 1.54) is 17.3 Å². The van der Waals surface area contributed by atoms with Crippen molar-refractivity contribution in [2.45, 2.75) is 63.5 Å². The van der Waals surface area contributed by atoms with Crippen molar-refractivity contribution in [3.05, 3.63) is 89.0 Å². The van der Waals surface area contributed by atoms with Crippen LogP contribution in [0.2, 0.25) is 0 Å². The number of ether oxygens (including phenoxy) is 1. The molecule has 2 N–H and O–H groups in total. The van der Waals surface area contributed by atoms with Crippen molar-refractivity contribution in [3.63, 3.8) is 0 Å². The third-order valence-corrected chi connectivity index (χ3v) is 8.44. The first-order valence-electron chi connectivity index (χ1n) is 14.2. The number of aromatic hydroxyl groups is 2. The second-order valence-corrected chi connectivity index (χ2v) is 11.7. The van der Waals surface area contributed by atoms with Crippen molar-refractivity contribution in [3.8, 4) is 17.2 Å². The lowest BCUT2D eigenvalue weighted by Gasteiger charge is -2.19. The molecular weight excluding hydrogens is 571 g/mol. The molecule has 0 aromatic heterocycles. The molecule has 0 saturated heterocycles. The van der Waals surface area contributed by atoms with Gasteiger partial charge in [-0.3, -0.25) is 0 Å². The highest BCUT2D eigenvalue weighted by molar-refractivity contribution is 7.99. The fourth-order valence-electron chi connectivity index (χ4n) is 5.09. The summed E-state index contributed by atoms with van der Waals surface area (Å²) < 4.78 is 68.4. The Morgan fingerprint density at radius 2 is 1.38 bits per heavy atom. The Labute approximate surface area is 247 Å². The van der Waals surface area contributed by atoms with Gasteiger partial charge in [0.2, 0.25) is 0 Å². The van der Waals surface area contributed by atoms with E-state index < -0.39 is 18.5 Å². The first-order chi connectivity index (χ1) is 20.0. The lowest BCUT2D eigenvalue weighted by molar-refractivity contribution is -0.284. The number of benzene rings is 3. The Bertz CT molecular complexity index is 1340. The molecule has 226 valence electrons. The molecule has 42 heavy (non-hydrogen) atoms. The molecule has 4 rings (SSSR count). The number of halogens is 5. The van der Waals surface area contributed by atoms with Crippen LogP contribution in [-0.4, -0.2) is 40.4 Å². The number of thioether (sulfide) groups is 1. The molecule has 0 amide bonds. The SMILES string of the molecule is Oc1ccc(C2=C(c3ccc(OCCCCCSCCCC(F)(F)C(F)(F)F)cc3)c3ccc(O)cc3CCC2)cc1. The number of unbranched alkanes of at least 4 members (excludes halogenated alkanes) is 2. The van der Waals surface area contributed by atoms with Crippen LogP contribution in [0.3, 0.4) is 0 Å². The summed E-state index contributed by atoms with van der Waals surface area (Å²) in [5.74, 6) is -2.42. The third-order valence-electron chi connectivity index (χ3n) is 7.29. The molecule has 0 radical (unpaired) electrons. The summed E-state index contributed by atoms with van der Waals surface area (Å²) in [4.78, 5) is 0.